The zero-order valence-electron chi connectivity index (χ0n) is 16.5. The standard InChI is InChI=1S/C18H30N6O3/c1-13(2)19-18(26)22-9-7-15-20-21-17(24(15)11-10-22)14-6-4-5-8-23(14)16(25)12-27-3/h13-14H,4-12H2,1-3H3,(H,19,26). The lowest BCUT2D eigenvalue weighted by atomic mass is 10.0. The molecule has 1 N–H and O–H groups in total. The molecule has 1 fully saturated rings. The van der Waals surface area contributed by atoms with Crippen molar-refractivity contribution in [2.45, 2.75) is 58.2 Å². The van der Waals surface area contributed by atoms with Gasteiger partial charge in [0, 0.05) is 45.8 Å². The smallest absolute Gasteiger partial charge is 0.317 e. The molecule has 2 aliphatic rings. The SMILES string of the molecule is COCC(=O)N1CCCCC1c1nnc2n1CCN(C(=O)NC(C)C)CC2. The van der Waals surface area contributed by atoms with Crippen LogP contribution in [-0.4, -0.2) is 75.9 Å². The second-order valence-electron chi connectivity index (χ2n) is 7.50. The molecule has 1 saturated heterocycles. The van der Waals surface area contributed by atoms with Crippen molar-refractivity contribution in [1.29, 1.82) is 0 Å². The quantitative estimate of drug-likeness (QED) is 0.842. The molecule has 1 aromatic rings. The summed E-state index contributed by atoms with van der Waals surface area (Å²) in [7, 11) is 1.54. The van der Waals surface area contributed by atoms with Crippen LogP contribution in [0, 0.1) is 0 Å². The van der Waals surface area contributed by atoms with E-state index in [1.54, 1.807) is 0 Å². The Kier molecular flexibility index (Phi) is 6.30. The molecular weight excluding hydrogens is 348 g/mol. The Hall–Kier alpha value is -2.16. The molecule has 0 radical (unpaired) electrons. The summed E-state index contributed by atoms with van der Waals surface area (Å²) in [5.74, 6) is 1.71. The number of piperidine rings is 1. The zero-order valence-corrected chi connectivity index (χ0v) is 16.5. The van der Waals surface area contributed by atoms with Gasteiger partial charge in [-0.2, -0.15) is 0 Å². The van der Waals surface area contributed by atoms with Gasteiger partial charge in [-0.25, -0.2) is 4.79 Å². The molecular formula is C18H30N6O3. The summed E-state index contributed by atoms with van der Waals surface area (Å²) in [6, 6.07) is -0.00358. The number of carbonyl (C=O) groups excluding carboxylic acids is 2. The largest absolute Gasteiger partial charge is 0.375 e. The summed E-state index contributed by atoms with van der Waals surface area (Å²) < 4.78 is 7.14. The van der Waals surface area contributed by atoms with Crippen LogP contribution >= 0.6 is 0 Å². The third kappa shape index (κ3) is 4.40. The topological polar surface area (TPSA) is 92.6 Å². The van der Waals surface area contributed by atoms with Crippen LogP contribution < -0.4 is 5.32 Å². The van der Waals surface area contributed by atoms with Crippen molar-refractivity contribution in [2.75, 3.05) is 33.4 Å². The van der Waals surface area contributed by atoms with E-state index in [2.05, 4.69) is 20.1 Å². The second-order valence-corrected chi connectivity index (χ2v) is 7.50. The Balaban J connectivity index is 1.76. The van der Waals surface area contributed by atoms with Crippen LogP contribution in [0.3, 0.4) is 0 Å². The number of urea groups is 1. The van der Waals surface area contributed by atoms with Crippen molar-refractivity contribution in [3.05, 3.63) is 11.6 Å². The van der Waals surface area contributed by atoms with E-state index < -0.39 is 0 Å². The number of carbonyl (C=O) groups is 2. The molecule has 0 bridgehead atoms. The molecule has 9 heteroatoms. The average molecular weight is 378 g/mol. The predicted molar refractivity (Wildman–Crippen MR) is 99.1 cm³/mol. The molecule has 3 amide bonds. The molecule has 2 aliphatic heterocycles. The molecule has 27 heavy (non-hydrogen) atoms. The highest BCUT2D eigenvalue weighted by molar-refractivity contribution is 5.78. The first-order valence-corrected chi connectivity index (χ1v) is 9.77. The van der Waals surface area contributed by atoms with Gasteiger partial charge in [-0.15, -0.1) is 10.2 Å². The minimum atomic E-state index is -0.0707. The number of nitrogens with one attached hydrogen (secondary N) is 1. The lowest BCUT2D eigenvalue weighted by Crippen LogP contribution is -2.44. The Morgan fingerprint density at radius 1 is 1.19 bits per heavy atom. The first-order valence-electron chi connectivity index (χ1n) is 9.77. The minimum absolute atomic E-state index is 0.00823. The van der Waals surface area contributed by atoms with Gasteiger partial charge in [0.25, 0.3) is 0 Å². The van der Waals surface area contributed by atoms with Crippen LogP contribution in [0.1, 0.15) is 50.8 Å². The fraction of sp³-hybridized carbons (Fsp3) is 0.778. The molecule has 9 nitrogen and oxygen atoms in total. The first-order chi connectivity index (χ1) is 13.0. The second kappa shape index (κ2) is 8.69. The highest BCUT2D eigenvalue weighted by Gasteiger charge is 2.33. The number of amides is 3. The van der Waals surface area contributed by atoms with Crippen molar-refractivity contribution in [3.8, 4) is 0 Å². The highest BCUT2D eigenvalue weighted by atomic mass is 16.5. The molecule has 0 saturated carbocycles. The maximum absolute atomic E-state index is 12.5. The molecule has 150 valence electrons. The number of rotatable bonds is 4. The van der Waals surface area contributed by atoms with Crippen molar-refractivity contribution >= 4 is 11.9 Å². The molecule has 1 aromatic heterocycles. The van der Waals surface area contributed by atoms with Crippen LogP contribution in [0.25, 0.3) is 0 Å². The van der Waals surface area contributed by atoms with Gasteiger partial charge >= 0.3 is 6.03 Å². The molecule has 3 heterocycles. The molecule has 0 aromatic carbocycles. The third-order valence-electron chi connectivity index (χ3n) is 5.14. The van der Waals surface area contributed by atoms with Crippen molar-refractivity contribution in [1.82, 2.24) is 29.9 Å². The summed E-state index contributed by atoms with van der Waals surface area (Å²) in [6.07, 6.45) is 3.60. The van der Waals surface area contributed by atoms with E-state index in [4.69, 9.17) is 4.74 Å². The van der Waals surface area contributed by atoms with E-state index in [0.717, 1.165) is 37.5 Å². The Morgan fingerprint density at radius 3 is 2.74 bits per heavy atom. The highest BCUT2D eigenvalue weighted by Crippen LogP contribution is 2.31. The molecule has 0 spiro atoms. The van der Waals surface area contributed by atoms with E-state index in [9.17, 15) is 9.59 Å². The van der Waals surface area contributed by atoms with Gasteiger partial charge in [0.2, 0.25) is 5.91 Å². The number of hydrogen-bond donors (Lipinski definition) is 1. The Morgan fingerprint density at radius 2 is 2.00 bits per heavy atom. The number of likely N-dealkylation sites (tertiary alicyclic amines) is 1. The molecule has 0 aliphatic carbocycles. The van der Waals surface area contributed by atoms with Gasteiger partial charge in [0.15, 0.2) is 5.82 Å². The molecule has 1 atom stereocenters. The minimum Gasteiger partial charge on any atom is -0.375 e. The van der Waals surface area contributed by atoms with E-state index in [1.807, 2.05) is 23.6 Å². The lowest BCUT2D eigenvalue weighted by Gasteiger charge is -2.35. The number of nitrogens with zero attached hydrogens (tertiary/aromatic N) is 5. The van der Waals surface area contributed by atoms with Crippen LogP contribution in [0.2, 0.25) is 0 Å². The Bertz CT molecular complexity index is 674. The van der Waals surface area contributed by atoms with Gasteiger partial charge in [-0.1, -0.05) is 0 Å². The molecule has 1 unspecified atom stereocenters. The van der Waals surface area contributed by atoms with Crippen molar-refractivity contribution in [3.63, 3.8) is 0 Å². The van der Waals surface area contributed by atoms with Crippen LogP contribution in [-0.2, 0) is 22.5 Å². The normalized spacial score (nSPS) is 20.4. The average Bonchev–Trinajstić information content (AvgIpc) is 2.92. The van der Waals surface area contributed by atoms with Crippen LogP contribution in [0.4, 0.5) is 4.79 Å². The van der Waals surface area contributed by atoms with E-state index >= 15 is 0 Å². The summed E-state index contributed by atoms with van der Waals surface area (Å²) >= 11 is 0. The predicted octanol–water partition coefficient (Wildman–Crippen LogP) is 0.954. The van der Waals surface area contributed by atoms with Crippen molar-refractivity contribution < 1.29 is 14.3 Å². The zero-order chi connectivity index (χ0) is 19.4. The van der Waals surface area contributed by atoms with Gasteiger partial charge in [0.1, 0.15) is 12.4 Å². The molecule has 3 rings (SSSR count). The number of methoxy groups -OCH3 is 1. The van der Waals surface area contributed by atoms with Gasteiger partial charge in [-0.05, 0) is 33.1 Å². The maximum atomic E-state index is 12.5. The fourth-order valence-corrected chi connectivity index (χ4v) is 3.84. The van der Waals surface area contributed by atoms with Gasteiger partial charge in [-0.3, -0.25) is 4.79 Å². The van der Waals surface area contributed by atoms with E-state index in [-0.39, 0.29) is 30.6 Å². The van der Waals surface area contributed by atoms with E-state index in [0.29, 0.717) is 26.1 Å². The lowest BCUT2D eigenvalue weighted by molar-refractivity contribution is -0.139. The first kappa shape index (κ1) is 19.6. The fourth-order valence-electron chi connectivity index (χ4n) is 3.84. The van der Waals surface area contributed by atoms with Crippen LogP contribution in [0.15, 0.2) is 0 Å². The summed E-state index contributed by atoms with van der Waals surface area (Å²) in [6.45, 7) is 6.59. The maximum Gasteiger partial charge on any atom is 0.317 e. The Labute approximate surface area is 160 Å². The number of aromatic nitrogens is 3. The van der Waals surface area contributed by atoms with Gasteiger partial charge < -0.3 is 24.4 Å². The van der Waals surface area contributed by atoms with Crippen LogP contribution in [0.5, 0.6) is 0 Å². The third-order valence-corrected chi connectivity index (χ3v) is 5.14. The number of fused-ring (bicyclic) bond motifs is 1. The number of ether oxygens (including phenoxy) is 1. The van der Waals surface area contributed by atoms with Crippen molar-refractivity contribution in [2.24, 2.45) is 0 Å². The monoisotopic (exact) mass is 378 g/mol. The van der Waals surface area contributed by atoms with E-state index in [1.165, 1.54) is 7.11 Å². The summed E-state index contributed by atoms with van der Waals surface area (Å²) in [4.78, 5) is 28.5. The summed E-state index contributed by atoms with van der Waals surface area (Å²) in [5, 5.41) is 11.8. The number of hydrogen-bond acceptors (Lipinski definition) is 5. The summed E-state index contributed by atoms with van der Waals surface area (Å²) in [5.41, 5.74) is 0. The van der Waals surface area contributed by atoms with Gasteiger partial charge in [0.05, 0.1) is 6.04 Å².